The van der Waals surface area contributed by atoms with Gasteiger partial charge in [-0.2, -0.15) is 0 Å². The van der Waals surface area contributed by atoms with Gasteiger partial charge < -0.3 is 0 Å². The average Bonchev–Trinajstić information content (AvgIpc) is 2.58. The van der Waals surface area contributed by atoms with Gasteiger partial charge in [-0.1, -0.05) is 23.9 Å². The lowest BCUT2D eigenvalue weighted by Crippen LogP contribution is -2.28. The molecule has 1 aliphatic rings. The lowest BCUT2D eigenvalue weighted by Gasteiger charge is -2.09. The molecule has 0 bridgehead atoms. The lowest BCUT2D eigenvalue weighted by atomic mass is 10.1. The normalized spacial score (nSPS) is 19.5. The largest absolute Gasteiger partial charge is 0.288 e. The molecule has 1 aromatic rings. The highest BCUT2D eigenvalue weighted by Gasteiger charge is 2.36. The summed E-state index contributed by atoms with van der Waals surface area (Å²) in [6.45, 7) is 0. The van der Waals surface area contributed by atoms with Crippen molar-refractivity contribution in [1.82, 2.24) is 4.90 Å². The molecular formula is C12H14N2O4S2. The van der Waals surface area contributed by atoms with Crippen molar-refractivity contribution in [3.05, 3.63) is 29.8 Å². The van der Waals surface area contributed by atoms with Gasteiger partial charge in [-0.3, -0.25) is 19.2 Å². The van der Waals surface area contributed by atoms with E-state index in [1.54, 1.807) is 24.3 Å². The Labute approximate surface area is 121 Å². The average molecular weight is 314 g/mol. The van der Waals surface area contributed by atoms with Crippen LogP contribution in [0.25, 0.3) is 0 Å². The van der Waals surface area contributed by atoms with E-state index >= 15 is 0 Å². The Bertz CT molecular complexity index is 640. The van der Waals surface area contributed by atoms with E-state index in [0.717, 1.165) is 28.5 Å². The molecule has 0 unspecified atom stereocenters. The molecule has 2 rings (SSSR count). The molecule has 1 atom stereocenters. The van der Waals surface area contributed by atoms with E-state index in [1.807, 2.05) is 0 Å². The molecule has 1 aliphatic heterocycles. The van der Waals surface area contributed by atoms with Crippen molar-refractivity contribution in [2.45, 2.75) is 11.7 Å². The van der Waals surface area contributed by atoms with Crippen molar-refractivity contribution in [2.75, 3.05) is 18.0 Å². The molecule has 2 amide bonds. The van der Waals surface area contributed by atoms with Crippen molar-refractivity contribution in [1.29, 1.82) is 0 Å². The predicted molar refractivity (Wildman–Crippen MR) is 78.2 cm³/mol. The van der Waals surface area contributed by atoms with Crippen molar-refractivity contribution in [3.63, 3.8) is 0 Å². The Kier molecular flexibility index (Phi) is 4.05. The van der Waals surface area contributed by atoms with Gasteiger partial charge >= 0.3 is 0 Å². The monoisotopic (exact) mass is 314 g/mol. The SMILES string of the molecule is CN1C(=O)S[C@@H](Cc2ccc(NS(C)(=O)=O)cc2)C1=O. The first-order valence-electron chi connectivity index (χ1n) is 5.81. The maximum atomic E-state index is 11.8. The molecule has 1 N–H and O–H groups in total. The number of sulfonamides is 1. The summed E-state index contributed by atoms with van der Waals surface area (Å²) < 4.78 is 24.5. The van der Waals surface area contributed by atoms with E-state index in [-0.39, 0.29) is 11.1 Å². The van der Waals surface area contributed by atoms with E-state index in [4.69, 9.17) is 0 Å². The fourth-order valence-electron chi connectivity index (χ4n) is 1.82. The third kappa shape index (κ3) is 3.51. The highest BCUT2D eigenvalue weighted by molar-refractivity contribution is 8.15. The molecule has 1 aromatic carbocycles. The topological polar surface area (TPSA) is 83.6 Å². The molecule has 1 fully saturated rings. The van der Waals surface area contributed by atoms with E-state index in [0.29, 0.717) is 12.1 Å². The van der Waals surface area contributed by atoms with Crippen LogP contribution >= 0.6 is 11.8 Å². The molecule has 1 saturated heterocycles. The standard InChI is InChI=1S/C12H14N2O4S2/c1-14-11(15)10(19-12(14)16)7-8-3-5-9(6-4-8)13-20(2,17)18/h3-6,10,13H,7H2,1-2H3/t10-/m0/s1. The number of nitrogens with one attached hydrogen (secondary N) is 1. The van der Waals surface area contributed by atoms with Crippen LogP contribution in [-0.4, -0.2) is 43.0 Å². The van der Waals surface area contributed by atoms with Gasteiger partial charge in [-0.15, -0.1) is 0 Å². The van der Waals surface area contributed by atoms with Gasteiger partial charge in [0, 0.05) is 12.7 Å². The molecule has 0 saturated carbocycles. The van der Waals surface area contributed by atoms with Crippen molar-refractivity contribution in [3.8, 4) is 0 Å². The summed E-state index contributed by atoms with van der Waals surface area (Å²) >= 11 is 1.02. The molecule has 1 heterocycles. The zero-order chi connectivity index (χ0) is 14.9. The summed E-state index contributed by atoms with van der Waals surface area (Å²) in [5.41, 5.74) is 1.34. The van der Waals surface area contributed by atoms with Crippen molar-refractivity contribution >= 4 is 38.6 Å². The van der Waals surface area contributed by atoms with E-state index in [1.165, 1.54) is 7.05 Å². The van der Waals surface area contributed by atoms with Crippen LogP contribution in [0.2, 0.25) is 0 Å². The molecule has 20 heavy (non-hydrogen) atoms. The minimum atomic E-state index is -3.30. The number of carbonyl (C=O) groups is 2. The van der Waals surface area contributed by atoms with Crippen LogP contribution < -0.4 is 4.72 Å². The highest BCUT2D eigenvalue weighted by Crippen LogP contribution is 2.28. The van der Waals surface area contributed by atoms with Crippen LogP contribution in [0, 0.1) is 0 Å². The van der Waals surface area contributed by atoms with Gasteiger partial charge in [0.25, 0.3) is 5.24 Å². The predicted octanol–water partition coefficient (Wildman–Crippen LogP) is 1.29. The number of imide groups is 1. The second kappa shape index (κ2) is 5.45. The van der Waals surface area contributed by atoms with Crippen LogP contribution in [0.4, 0.5) is 10.5 Å². The number of thioether (sulfide) groups is 1. The number of rotatable bonds is 4. The second-order valence-corrected chi connectivity index (χ2v) is 7.45. The van der Waals surface area contributed by atoms with Gasteiger partial charge in [0.05, 0.1) is 11.5 Å². The third-order valence-electron chi connectivity index (χ3n) is 2.80. The Morgan fingerprint density at radius 1 is 1.25 bits per heavy atom. The second-order valence-electron chi connectivity index (χ2n) is 4.54. The maximum absolute atomic E-state index is 11.8. The molecule has 0 radical (unpaired) electrons. The quantitative estimate of drug-likeness (QED) is 0.905. The zero-order valence-corrected chi connectivity index (χ0v) is 12.6. The number of anilines is 1. The van der Waals surface area contributed by atoms with Gasteiger partial charge in [0.2, 0.25) is 15.9 Å². The Balaban J connectivity index is 2.05. The van der Waals surface area contributed by atoms with E-state index in [2.05, 4.69) is 4.72 Å². The number of carbonyl (C=O) groups excluding carboxylic acids is 2. The van der Waals surface area contributed by atoms with Crippen LogP contribution in [0.1, 0.15) is 5.56 Å². The fraction of sp³-hybridized carbons (Fsp3) is 0.333. The summed E-state index contributed by atoms with van der Waals surface area (Å²) in [6, 6.07) is 6.74. The van der Waals surface area contributed by atoms with Crippen LogP contribution in [0.3, 0.4) is 0 Å². The first-order valence-corrected chi connectivity index (χ1v) is 8.58. The van der Waals surface area contributed by atoms with Crippen molar-refractivity contribution in [2.24, 2.45) is 0 Å². The van der Waals surface area contributed by atoms with Crippen LogP contribution in [-0.2, 0) is 21.2 Å². The molecule has 0 aliphatic carbocycles. The summed E-state index contributed by atoms with van der Waals surface area (Å²) in [5.74, 6) is -0.196. The van der Waals surface area contributed by atoms with Crippen LogP contribution in [0.15, 0.2) is 24.3 Å². The maximum Gasteiger partial charge on any atom is 0.288 e. The van der Waals surface area contributed by atoms with Crippen LogP contribution in [0.5, 0.6) is 0 Å². The number of benzene rings is 1. The first-order chi connectivity index (χ1) is 9.26. The smallest absolute Gasteiger partial charge is 0.284 e. The highest BCUT2D eigenvalue weighted by atomic mass is 32.2. The number of nitrogens with zero attached hydrogens (tertiary/aromatic N) is 1. The molecule has 108 valence electrons. The summed E-state index contributed by atoms with van der Waals surface area (Å²) in [7, 11) is -1.83. The molecule has 0 spiro atoms. The summed E-state index contributed by atoms with van der Waals surface area (Å²) in [5, 5.41) is -0.642. The Morgan fingerprint density at radius 2 is 1.85 bits per heavy atom. The zero-order valence-electron chi connectivity index (χ0n) is 11.0. The summed E-state index contributed by atoms with van der Waals surface area (Å²) in [6.07, 6.45) is 1.52. The number of amides is 2. The lowest BCUT2D eigenvalue weighted by molar-refractivity contribution is -0.125. The van der Waals surface area contributed by atoms with Gasteiger partial charge in [-0.25, -0.2) is 8.42 Å². The third-order valence-corrected chi connectivity index (χ3v) is 4.54. The van der Waals surface area contributed by atoms with Gasteiger partial charge in [0.15, 0.2) is 0 Å². The first kappa shape index (κ1) is 14.9. The summed E-state index contributed by atoms with van der Waals surface area (Å²) in [4.78, 5) is 24.3. The Hall–Kier alpha value is -1.54. The van der Waals surface area contributed by atoms with Crippen molar-refractivity contribution < 1.29 is 18.0 Å². The Morgan fingerprint density at radius 3 is 2.30 bits per heavy atom. The molecular weight excluding hydrogens is 300 g/mol. The minimum Gasteiger partial charge on any atom is -0.284 e. The van der Waals surface area contributed by atoms with Gasteiger partial charge in [0.1, 0.15) is 0 Å². The van der Waals surface area contributed by atoms with E-state index < -0.39 is 15.3 Å². The molecule has 0 aromatic heterocycles. The van der Waals surface area contributed by atoms with Gasteiger partial charge in [-0.05, 0) is 24.1 Å². The number of hydrogen-bond acceptors (Lipinski definition) is 5. The minimum absolute atomic E-state index is 0.196. The molecule has 6 nitrogen and oxygen atoms in total. The van der Waals surface area contributed by atoms with E-state index in [9.17, 15) is 18.0 Å². The number of hydrogen-bond donors (Lipinski definition) is 1. The molecule has 8 heteroatoms. The fourth-order valence-corrected chi connectivity index (χ4v) is 3.41.